The van der Waals surface area contributed by atoms with E-state index < -0.39 is 21.3 Å². The van der Waals surface area contributed by atoms with Gasteiger partial charge in [0.15, 0.2) is 5.37 Å². The van der Waals surface area contributed by atoms with Crippen LogP contribution in [0.25, 0.3) is 0 Å². The molecule has 1 aliphatic heterocycles. The zero-order chi connectivity index (χ0) is 20.9. The highest BCUT2D eigenvalue weighted by Crippen LogP contribution is 2.21. The van der Waals surface area contributed by atoms with Crippen LogP contribution in [0.3, 0.4) is 0 Å². The molecule has 4 N–H and O–H groups in total. The van der Waals surface area contributed by atoms with Crippen LogP contribution in [0.1, 0.15) is 12.5 Å². The monoisotopic (exact) mass is 438 g/mol. The van der Waals surface area contributed by atoms with Gasteiger partial charge in [-0.15, -0.1) is 0 Å². The van der Waals surface area contributed by atoms with Crippen molar-refractivity contribution in [2.75, 3.05) is 17.9 Å². The molecule has 2 unspecified atom stereocenters. The number of hydrogen-bond acceptors (Lipinski definition) is 6. The fourth-order valence-electron chi connectivity index (χ4n) is 2.98. The molecule has 10 heteroatoms. The predicted molar refractivity (Wildman–Crippen MR) is 112 cm³/mol. The minimum atomic E-state index is -3.87. The van der Waals surface area contributed by atoms with Gasteiger partial charge in [0.1, 0.15) is 5.75 Å². The first kappa shape index (κ1) is 21.4. The second-order valence-electron chi connectivity index (χ2n) is 6.50. The van der Waals surface area contributed by atoms with Gasteiger partial charge in [-0.2, -0.15) is 0 Å². The maximum Gasteiger partial charge on any atom is 0.250 e. The van der Waals surface area contributed by atoms with E-state index in [0.717, 1.165) is 5.56 Å². The van der Waals surface area contributed by atoms with Crippen molar-refractivity contribution >= 4 is 33.2 Å². The van der Waals surface area contributed by atoms with E-state index >= 15 is 0 Å². The first-order chi connectivity index (χ1) is 13.9. The summed E-state index contributed by atoms with van der Waals surface area (Å²) in [6, 6.07) is 13.7. The van der Waals surface area contributed by atoms with Crippen molar-refractivity contribution in [3.63, 3.8) is 0 Å². The Labute approximate surface area is 175 Å². The number of carbonyl (C=O) groups excluding carboxylic acids is 1. The first-order valence-corrected chi connectivity index (χ1v) is 11.1. The van der Waals surface area contributed by atoms with Crippen LogP contribution in [-0.2, 0) is 21.4 Å². The SMILES string of the molecule is CCOc1ccc(NS(=O)(=O)C2NNCC2C(=O)NCc2cccc(Cl)c2)cc1. The zero-order valence-electron chi connectivity index (χ0n) is 15.8. The molecule has 3 rings (SSSR count). The largest absolute Gasteiger partial charge is 0.494 e. The lowest BCUT2D eigenvalue weighted by Gasteiger charge is -2.19. The quantitative estimate of drug-likeness (QED) is 0.501. The van der Waals surface area contributed by atoms with E-state index in [1.54, 1.807) is 42.5 Å². The number of anilines is 1. The molecule has 1 saturated heterocycles. The van der Waals surface area contributed by atoms with E-state index in [1.807, 2.05) is 13.0 Å². The van der Waals surface area contributed by atoms with Crippen LogP contribution in [0.4, 0.5) is 5.69 Å². The summed E-state index contributed by atoms with van der Waals surface area (Å²) in [6.07, 6.45) is 0. The van der Waals surface area contributed by atoms with Crippen molar-refractivity contribution in [1.29, 1.82) is 0 Å². The Morgan fingerprint density at radius 2 is 2.00 bits per heavy atom. The second kappa shape index (κ2) is 9.45. The van der Waals surface area contributed by atoms with Gasteiger partial charge in [-0.25, -0.2) is 13.8 Å². The zero-order valence-corrected chi connectivity index (χ0v) is 17.4. The summed E-state index contributed by atoms with van der Waals surface area (Å²) >= 11 is 5.95. The molecule has 1 aliphatic rings. The predicted octanol–water partition coefficient (Wildman–Crippen LogP) is 1.85. The Hall–Kier alpha value is -2.33. The third kappa shape index (κ3) is 5.60. The molecule has 0 radical (unpaired) electrons. The number of halogens is 1. The summed E-state index contributed by atoms with van der Waals surface area (Å²) in [5.41, 5.74) is 6.66. The van der Waals surface area contributed by atoms with Crippen molar-refractivity contribution in [3.05, 3.63) is 59.1 Å². The maximum absolute atomic E-state index is 12.8. The molecule has 1 amide bonds. The van der Waals surface area contributed by atoms with Crippen molar-refractivity contribution in [2.45, 2.75) is 18.8 Å². The van der Waals surface area contributed by atoms with E-state index in [9.17, 15) is 13.2 Å². The van der Waals surface area contributed by atoms with Crippen molar-refractivity contribution < 1.29 is 17.9 Å². The minimum absolute atomic E-state index is 0.191. The lowest BCUT2D eigenvalue weighted by molar-refractivity contribution is -0.124. The third-order valence-electron chi connectivity index (χ3n) is 4.38. The van der Waals surface area contributed by atoms with E-state index in [-0.39, 0.29) is 19.0 Å². The number of carbonyl (C=O) groups is 1. The molecule has 29 heavy (non-hydrogen) atoms. The number of rotatable bonds is 8. The number of hydrazine groups is 1. The van der Waals surface area contributed by atoms with Gasteiger partial charge in [0, 0.05) is 23.8 Å². The maximum atomic E-state index is 12.8. The summed E-state index contributed by atoms with van der Waals surface area (Å²) in [5, 5.41) is 2.22. The number of hydrogen-bond donors (Lipinski definition) is 4. The lowest BCUT2D eigenvalue weighted by atomic mass is 10.1. The lowest BCUT2D eigenvalue weighted by Crippen LogP contribution is -2.46. The van der Waals surface area contributed by atoms with Crippen molar-refractivity contribution in [2.24, 2.45) is 5.92 Å². The van der Waals surface area contributed by atoms with Crippen LogP contribution in [0.15, 0.2) is 48.5 Å². The summed E-state index contributed by atoms with van der Waals surface area (Å²) in [6.45, 7) is 2.84. The Morgan fingerprint density at radius 1 is 1.24 bits per heavy atom. The van der Waals surface area contributed by atoms with Crippen LogP contribution in [-0.4, -0.2) is 32.9 Å². The van der Waals surface area contributed by atoms with Gasteiger partial charge in [-0.1, -0.05) is 23.7 Å². The molecular formula is C19H23ClN4O4S. The van der Waals surface area contributed by atoms with Gasteiger partial charge in [-0.3, -0.25) is 14.9 Å². The molecule has 2 aromatic carbocycles. The van der Waals surface area contributed by atoms with Gasteiger partial charge in [-0.05, 0) is 48.9 Å². The molecule has 2 atom stereocenters. The fraction of sp³-hybridized carbons (Fsp3) is 0.316. The van der Waals surface area contributed by atoms with Crippen LogP contribution in [0.5, 0.6) is 5.75 Å². The Kier molecular flexibility index (Phi) is 6.96. The molecule has 156 valence electrons. The number of benzene rings is 2. The molecule has 1 fully saturated rings. The van der Waals surface area contributed by atoms with Crippen LogP contribution >= 0.6 is 11.6 Å². The highest BCUT2D eigenvalue weighted by atomic mass is 35.5. The molecule has 0 saturated carbocycles. The summed E-state index contributed by atoms with van der Waals surface area (Å²) in [5.74, 6) is -0.520. The van der Waals surface area contributed by atoms with Gasteiger partial charge in [0.05, 0.1) is 12.5 Å². The van der Waals surface area contributed by atoms with Crippen LogP contribution in [0.2, 0.25) is 5.02 Å². The van der Waals surface area contributed by atoms with Gasteiger partial charge < -0.3 is 10.1 Å². The molecule has 1 heterocycles. The Morgan fingerprint density at radius 3 is 2.69 bits per heavy atom. The van der Waals surface area contributed by atoms with E-state index in [0.29, 0.717) is 23.1 Å². The fourth-order valence-corrected chi connectivity index (χ4v) is 4.68. The van der Waals surface area contributed by atoms with E-state index in [4.69, 9.17) is 16.3 Å². The molecule has 2 aromatic rings. The average molecular weight is 439 g/mol. The number of nitrogens with one attached hydrogen (secondary N) is 4. The Bertz CT molecular complexity index is 953. The van der Waals surface area contributed by atoms with Crippen LogP contribution < -0.4 is 25.6 Å². The summed E-state index contributed by atoms with van der Waals surface area (Å²) in [7, 11) is -3.87. The molecular weight excluding hydrogens is 416 g/mol. The highest BCUT2D eigenvalue weighted by Gasteiger charge is 2.41. The normalized spacial score (nSPS) is 19.0. The van der Waals surface area contributed by atoms with Crippen molar-refractivity contribution in [3.8, 4) is 5.75 Å². The summed E-state index contributed by atoms with van der Waals surface area (Å²) in [4.78, 5) is 12.6. The molecule has 0 bridgehead atoms. The van der Waals surface area contributed by atoms with E-state index in [2.05, 4.69) is 20.9 Å². The second-order valence-corrected chi connectivity index (χ2v) is 8.74. The first-order valence-electron chi connectivity index (χ1n) is 9.14. The minimum Gasteiger partial charge on any atom is -0.494 e. The van der Waals surface area contributed by atoms with E-state index in [1.165, 1.54) is 0 Å². The van der Waals surface area contributed by atoms with Crippen molar-refractivity contribution in [1.82, 2.24) is 16.2 Å². The topological polar surface area (TPSA) is 109 Å². The summed E-state index contributed by atoms with van der Waals surface area (Å²) < 4.78 is 33.5. The number of amides is 1. The van der Waals surface area contributed by atoms with Gasteiger partial charge in [0.25, 0.3) is 10.0 Å². The number of sulfonamides is 1. The molecule has 0 aliphatic carbocycles. The van der Waals surface area contributed by atoms with Crippen LogP contribution in [0, 0.1) is 5.92 Å². The van der Waals surface area contributed by atoms with Gasteiger partial charge >= 0.3 is 0 Å². The third-order valence-corrected chi connectivity index (χ3v) is 6.25. The smallest absolute Gasteiger partial charge is 0.250 e. The Balaban J connectivity index is 1.64. The molecule has 8 nitrogen and oxygen atoms in total. The molecule has 0 spiro atoms. The number of ether oxygens (including phenoxy) is 1. The van der Waals surface area contributed by atoms with Gasteiger partial charge in [0.2, 0.25) is 5.91 Å². The molecule has 0 aromatic heterocycles. The standard InChI is InChI=1S/C19H23ClN4O4S/c1-2-28-16-8-6-15(7-9-16)24-29(26,27)19-17(12-22-23-19)18(25)21-11-13-4-3-5-14(20)10-13/h3-10,17,19,22-24H,2,11-12H2,1H3,(H,21,25). The average Bonchev–Trinajstić information content (AvgIpc) is 3.19. The highest BCUT2D eigenvalue weighted by molar-refractivity contribution is 7.93.